The molecule has 0 spiro atoms. The van der Waals surface area contributed by atoms with Crippen LogP contribution < -0.4 is 10.1 Å². The van der Waals surface area contributed by atoms with Gasteiger partial charge in [0.25, 0.3) is 5.91 Å². The molecule has 180 valence electrons. The number of nitrogens with one attached hydrogen (secondary N) is 1. The molecule has 0 bridgehead atoms. The molecule has 5 nitrogen and oxygen atoms in total. The van der Waals surface area contributed by atoms with Gasteiger partial charge in [0, 0.05) is 29.7 Å². The van der Waals surface area contributed by atoms with Crippen LogP contribution >= 0.6 is 11.6 Å². The van der Waals surface area contributed by atoms with Crippen LogP contribution in [0, 0.1) is 11.3 Å². The second-order valence-electron chi connectivity index (χ2n) is 8.18. The van der Waals surface area contributed by atoms with Crippen molar-refractivity contribution < 1.29 is 22.7 Å². The van der Waals surface area contributed by atoms with Gasteiger partial charge in [-0.05, 0) is 60.0 Å². The quantitative estimate of drug-likeness (QED) is 0.472. The zero-order chi connectivity index (χ0) is 25.0. The van der Waals surface area contributed by atoms with E-state index in [0.717, 1.165) is 23.3 Å². The lowest BCUT2D eigenvalue weighted by molar-refractivity contribution is -0.274. The van der Waals surface area contributed by atoms with Gasteiger partial charge >= 0.3 is 6.36 Å². The first-order valence-electron chi connectivity index (χ1n) is 10.9. The molecule has 1 unspecified atom stereocenters. The van der Waals surface area contributed by atoms with Crippen molar-refractivity contribution >= 4 is 17.5 Å². The number of likely N-dealkylation sites (tertiary alicyclic amines) is 1. The number of ether oxygens (including phenoxy) is 1. The number of nitriles is 1. The predicted octanol–water partition coefficient (Wildman–Crippen LogP) is 5.70. The second kappa shape index (κ2) is 10.4. The molecule has 1 saturated heterocycles. The van der Waals surface area contributed by atoms with Gasteiger partial charge in [0.05, 0.1) is 17.7 Å². The van der Waals surface area contributed by atoms with Crippen molar-refractivity contribution in [2.75, 3.05) is 13.1 Å². The van der Waals surface area contributed by atoms with Gasteiger partial charge in [-0.1, -0.05) is 41.9 Å². The molecule has 0 saturated carbocycles. The predicted molar refractivity (Wildman–Crippen MR) is 125 cm³/mol. The molecule has 4 rings (SSSR count). The highest BCUT2D eigenvalue weighted by atomic mass is 35.5. The van der Waals surface area contributed by atoms with E-state index in [1.807, 2.05) is 30.3 Å². The highest BCUT2D eigenvalue weighted by Crippen LogP contribution is 2.34. The standard InChI is InChI=1S/C26H21ClF3N3O2/c27-20-9-5-17(6-10-20)24(23-4-2-1-3-19(23)15-31)33-14-13-21(16-33)32-25(34)18-7-11-22(12-8-18)35-26(28,29)30/h1-12,21,24H,13-14,16H2,(H,32,34)/t21?,24-/m1/s1. The van der Waals surface area contributed by atoms with E-state index < -0.39 is 6.36 Å². The van der Waals surface area contributed by atoms with Gasteiger partial charge in [0.1, 0.15) is 5.75 Å². The minimum atomic E-state index is -4.79. The normalized spacial score (nSPS) is 16.9. The zero-order valence-corrected chi connectivity index (χ0v) is 19.2. The third kappa shape index (κ3) is 6.13. The summed E-state index contributed by atoms with van der Waals surface area (Å²) in [6, 6.07) is 21.6. The van der Waals surface area contributed by atoms with Crippen LogP contribution in [0.5, 0.6) is 5.75 Å². The SMILES string of the molecule is N#Cc1ccccc1[C@@H](c1ccc(Cl)cc1)N1CCC(NC(=O)c2ccc(OC(F)(F)F)cc2)C1. The Morgan fingerprint density at radius 3 is 2.43 bits per heavy atom. The van der Waals surface area contributed by atoms with Crippen LogP contribution in [-0.4, -0.2) is 36.3 Å². The Morgan fingerprint density at radius 2 is 1.77 bits per heavy atom. The summed E-state index contributed by atoms with van der Waals surface area (Å²) in [5.74, 6) is -0.765. The fraction of sp³-hybridized carbons (Fsp3) is 0.231. The van der Waals surface area contributed by atoms with E-state index in [1.54, 1.807) is 18.2 Å². The van der Waals surface area contributed by atoms with Gasteiger partial charge in [-0.2, -0.15) is 5.26 Å². The van der Waals surface area contributed by atoms with Crippen molar-refractivity contribution in [1.82, 2.24) is 10.2 Å². The van der Waals surface area contributed by atoms with E-state index in [1.165, 1.54) is 12.1 Å². The van der Waals surface area contributed by atoms with Crippen LogP contribution in [0.1, 0.15) is 39.5 Å². The fourth-order valence-electron chi connectivity index (χ4n) is 4.29. The summed E-state index contributed by atoms with van der Waals surface area (Å²) in [7, 11) is 0. The molecule has 1 fully saturated rings. The van der Waals surface area contributed by atoms with E-state index in [9.17, 15) is 23.2 Å². The first kappa shape index (κ1) is 24.6. The van der Waals surface area contributed by atoms with E-state index in [2.05, 4.69) is 21.0 Å². The number of halogens is 4. The third-order valence-corrected chi connectivity index (χ3v) is 6.08. The third-order valence-electron chi connectivity index (χ3n) is 5.83. The fourth-order valence-corrected chi connectivity index (χ4v) is 4.41. The summed E-state index contributed by atoms with van der Waals surface area (Å²) >= 11 is 6.08. The number of carbonyl (C=O) groups excluding carboxylic acids is 1. The molecule has 3 aromatic rings. The highest BCUT2D eigenvalue weighted by Gasteiger charge is 2.33. The topological polar surface area (TPSA) is 65.4 Å². The van der Waals surface area contributed by atoms with Gasteiger partial charge in [-0.25, -0.2) is 0 Å². The van der Waals surface area contributed by atoms with Crippen LogP contribution in [-0.2, 0) is 0 Å². The van der Waals surface area contributed by atoms with Gasteiger partial charge in [-0.3, -0.25) is 9.69 Å². The molecule has 9 heteroatoms. The van der Waals surface area contributed by atoms with Crippen molar-refractivity contribution in [1.29, 1.82) is 5.26 Å². The maximum Gasteiger partial charge on any atom is 0.573 e. The smallest absolute Gasteiger partial charge is 0.406 e. The number of benzene rings is 3. The molecule has 0 aromatic heterocycles. The summed E-state index contributed by atoms with van der Waals surface area (Å²) in [4.78, 5) is 14.9. The Balaban J connectivity index is 1.49. The maximum atomic E-state index is 12.7. The Hall–Kier alpha value is -3.54. The lowest BCUT2D eigenvalue weighted by Crippen LogP contribution is -2.38. The molecule has 1 heterocycles. The minimum absolute atomic E-state index is 0.169. The van der Waals surface area contributed by atoms with Crippen molar-refractivity contribution in [2.24, 2.45) is 0 Å². The van der Waals surface area contributed by atoms with Crippen LogP contribution in [0.3, 0.4) is 0 Å². The first-order valence-corrected chi connectivity index (χ1v) is 11.3. The number of hydrogen-bond acceptors (Lipinski definition) is 4. The largest absolute Gasteiger partial charge is 0.573 e. The molecule has 3 aromatic carbocycles. The Kier molecular flexibility index (Phi) is 7.29. The van der Waals surface area contributed by atoms with Gasteiger partial charge < -0.3 is 10.1 Å². The molecule has 2 atom stereocenters. The van der Waals surface area contributed by atoms with Crippen molar-refractivity contribution in [3.8, 4) is 11.8 Å². The number of alkyl halides is 3. The molecule has 1 N–H and O–H groups in total. The van der Waals surface area contributed by atoms with Gasteiger partial charge in [-0.15, -0.1) is 13.2 Å². The second-order valence-corrected chi connectivity index (χ2v) is 8.62. The van der Waals surface area contributed by atoms with E-state index in [0.29, 0.717) is 30.1 Å². The number of rotatable bonds is 6. The minimum Gasteiger partial charge on any atom is -0.406 e. The average Bonchev–Trinajstić information content (AvgIpc) is 3.28. The monoisotopic (exact) mass is 499 g/mol. The molecule has 0 radical (unpaired) electrons. The summed E-state index contributed by atoms with van der Waals surface area (Å²) in [5, 5.41) is 13.2. The number of hydrogen-bond donors (Lipinski definition) is 1. The van der Waals surface area contributed by atoms with Gasteiger partial charge in [0.15, 0.2) is 0 Å². The number of carbonyl (C=O) groups is 1. The van der Waals surface area contributed by atoms with E-state index in [4.69, 9.17) is 11.6 Å². The first-order chi connectivity index (χ1) is 16.7. The van der Waals surface area contributed by atoms with Crippen molar-refractivity contribution in [3.05, 3.63) is 100 Å². The van der Waals surface area contributed by atoms with Crippen LogP contribution in [0.15, 0.2) is 72.8 Å². The zero-order valence-electron chi connectivity index (χ0n) is 18.4. The molecule has 1 amide bonds. The molecule has 1 aliphatic heterocycles. The van der Waals surface area contributed by atoms with Crippen LogP contribution in [0.2, 0.25) is 5.02 Å². The molecule has 1 aliphatic rings. The highest BCUT2D eigenvalue weighted by molar-refractivity contribution is 6.30. The van der Waals surface area contributed by atoms with Crippen LogP contribution in [0.25, 0.3) is 0 Å². The van der Waals surface area contributed by atoms with Gasteiger partial charge in [0.2, 0.25) is 0 Å². The molecule has 35 heavy (non-hydrogen) atoms. The average molecular weight is 500 g/mol. The lowest BCUT2D eigenvalue weighted by Gasteiger charge is -2.29. The van der Waals surface area contributed by atoms with E-state index >= 15 is 0 Å². The number of amides is 1. The number of nitrogens with zero attached hydrogens (tertiary/aromatic N) is 2. The Morgan fingerprint density at radius 1 is 1.09 bits per heavy atom. The molecule has 0 aliphatic carbocycles. The van der Waals surface area contributed by atoms with E-state index in [-0.39, 0.29) is 29.3 Å². The van der Waals surface area contributed by atoms with Crippen molar-refractivity contribution in [3.63, 3.8) is 0 Å². The Labute approximate surface area is 205 Å². The lowest BCUT2D eigenvalue weighted by atomic mass is 9.93. The maximum absolute atomic E-state index is 12.7. The molecular weight excluding hydrogens is 479 g/mol. The summed E-state index contributed by atoms with van der Waals surface area (Å²) in [5.41, 5.74) is 2.65. The summed E-state index contributed by atoms with van der Waals surface area (Å²) in [6.45, 7) is 1.21. The Bertz CT molecular complexity index is 1220. The van der Waals surface area contributed by atoms with Crippen molar-refractivity contribution in [2.45, 2.75) is 24.9 Å². The van der Waals surface area contributed by atoms with Crippen LogP contribution in [0.4, 0.5) is 13.2 Å². The summed E-state index contributed by atoms with van der Waals surface area (Å²) < 4.78 is 40.9. The molecular formula is C26H21ClF3N3O2. The summed E-state index contributed by atoms with van der Waals surface area (Å²) in [6.07, 6.45) is -4.11.